The number of aromatic nitrogens is 4. The Balaban J connectivity index is 1.63. The largest absolute Gasteiger partial charge is 0.493 e. The third-order valence-corrected chi connectivity index (χ3v) is 5.82. The maximum Gasteiger partial charge on any atom is 0.226 e. The van der Waals surface area contributed by atoms with Gasteiger partial charge >= 0.3 is 0 Å². The topological polar surface area (TPSA) is 74.1 Å². The van der Waals surface area contributed by atoms with E-state index >= 15 is 0 Å². The molecule has 2 aliphatic heterocycles. The van der Waals surface area contributed by atoms with Crippen LogP contribution in [0, 0.1) is 0 Å². The van der Waals surface area contributed by atoms with Crippen molar-refractivity contribution in [3.05, 3.63) is 102 Å². The van der Waals surface area contributed by atoms with Crippen molar-refractivity contribution in [2.45, 2.75) is 19.1 Å². The van der Waals surface area contributed by atoms with Gasteiger partial charge in [0.1, 0.15) is 23.9 Å². The lowest BCUT2D eigenvalue weighted by molar-refractivity contribution is 0.215. The molecule has 0 bridgehead atoms. The van der Waals surface area contributed by atoms with E-state index in [1.165, 1.54) is 0 Å². The number of hydrogen-bond acceptors (Lipinski definition) is 6. The number of benzene rings is 2. The normalized spacial score (nSPS) is 18.7. The smallest absolute Gasteiger partial charge is 0.226 e. The zero-order valence-corrected chi connectivity index (χ0v) is 17.5. The quantitative estimate of drug-likeness (QED) is 0.516. The molecule has 32 heavy (non-hydrogen) atoms. The molecule has 2 aromatic heterocycles. The molecule has 0 fully saturated rings. The molecule has 158 valence electrons. The van der Waals surface area contributed by atoms with Crippen molar-refractivity contribution in [1.82, 2.24) is 19.7 Å². The van der Waals surface area contributed by atoms with Crippen LogP contribution in [0.1, 0.15) is 35.8 Å². The van der Waals surface area contributed by atoms with Gasteiger partial charge in [-0.2, -0.15) is 10.1 Å². The van der Waals surface area contributed by atoms with Crippen molar-refractivity contribution in [1.29, 1.82) is 0 Å². The predicted molar refractivity (Wildman–Crippen MR) is 120 cm³/mol. The van der Waals surface area contributed by atoms with Gasteiger partial charge in [-0.15, -0.1) is 0 Å². The Morgan fingerprint density at radius 3 is 2.81 bits per heavy atom. The first-order valence-electron chi connectivity index (χ1n) is 10.6. The van der Waals surface area contributed by atoms with Crippen molar-refractivity contribution in [3.63, 3.8) is 0 Å². The fourth-order valence-corrected chi connectivity index (χ4v) is 4.52. The lowest BCUT2D eigenvalue weighted by atomic mass is 9.85. The van der Waals surface area contributed by atoms with Crippen molar-refractivity contribution < 1.29 is 9.47 Å². The molecule has 0 saturated carbocycles. The summed E-state index contributed by atoms with van der Waals surface area (Å²) in [4.78, 5) is 8.84. The molecule has 6 rings (SSSR count). The van der Waals surface area contributed by atoms with Crippen molar-refractivity contribution >= 4 is 11.6 Å². The Morgan fingerprint density at radius 1 is 1.06 bits per heavy atom. The molecular formula is C25H21N5O2. The van der Waals surface area contributed by atoms with Crippen molar-refractivity contribution in [3.8, 4) is 11.5 Å². The van der Waals surface area contributed by atoms with Crippen LogP contribution in [0.3, 0.4) is 0 Å². The van der Waals surface area contributed by atoms with Crippen LogP contribution in [0.2, 0.25) is 0 Å². The summed E-state index contributed by atoms with van der Waals surface area (Å²) in [6.45, 7) is 2.56. The van der Waals surface area contributed by atoms with Gasteiger partial charge in [-0.3, -0.25) is 4.98 Å². The van der Waals surface area contributed by atoms with Crippen LogP contribution in [0.4, 0.5) is 5.95 Å². The van der Waals surface area contributed by atoms with Crippen molar-refractivity contribution in [2.75, 3.05) is 11.9 Å². The number of fused-ring (bicyclic) bond motifs is 3. The molecule has 0 unspecified atom stereocenters. The second-order valence-electron chi connectivity index (χ2n) is 7.64. The molecule has 4 heterocycles. The highest BCUT2D eigenvalue weighted by Crippen LogP contribution is 2.51. The molecule has 4 aromatic rings. The van der Waals surface area contributed by atoms with Gasteiger partial charge in [-0.1, -0.05) is 36.4 Å². The van der Waals surface area contributed by atoms with Crippen LogP contribution in [-0.4, -0.2) is 26.4 Å². The first kappa shape index (κ1) is 18.6. The molecular weight excluding hydrogens is 402 g/mol. The molecule has 0 spiro atoms. The van der Waals surface area contributed by atoms with Gasteiger partial charge in [0, 0.05) is 29.1 Å². The van der Waals surface area contributed by atoms with Gasteiger partial charge in [-0.25, -0.2) is 4.68 Å². The Kier molecular flexibility index (Phi) is 4.38. The third-order valence-electron chi connectivity index (χ3n) is 5.82. The standard InChI is InChI=1S/C25H21N5O2/c1-2-31-19-11-5-4-10-18(19)24-21-22(17-9-3-6-12-20(17)32-24)29-25-27-15-28-30(25)23(21)16-8-7-13-26-14-16/h3-15,23-24H,2H2,1H3,(H,27,28,29)/t23-,24+/m0/s1. The Bertz CT molecular complexity index is 1310. The minimum absolute atomic E-state index is 0.231. The molecule has 0 amide bonds. The highest BCUT2D eigenvalue weighted by atomic mass is 16.5. The van der Waals surface area contributed by atoms with Crippen LogP contribution in [0.5, 0.6) is 11.5 Å². The zero-order chi connectivity index (χ0) is 21.5. The zero-order valence-electron chi connectivity index (χ0n) is 17.5. The van der Waals surface area contributed by atoms with E-state index in [1.54, 1.807) is 12.5 Å². The Morgan fingerprint density at radius 2 is 1.94 bits per heavy atom. The van der Waals surface area contributed by atoms with E-state index in [9.17, 15) is 0 Å². The summed E-state index contributed by atoms with van der Waals surface area (Å²) in [5.41, 5.74) is 5.00. The number of pyridine rings is 1. The molecule has 2 aliphatic rings. The third kappa shape index (κ3) is 2.85. The highest BCUT2D eigenvalue weighted by Gasteiger charge is 2.41. The SMILES string of the molecule is CCOc1ccccc1[C@H]1Oc2ccccc2C2=C1[C@H](c1cccnc1)n1ncnc1N2. The summed E-state index contributed by atoms with van der Waals surface area (Å²) in [6.07, 6.45) is 4.84. The summed E-state index contributed by atoms with van der Waals surface area (Å²) < 4.78 is 14.5. The van der Waals surface area contributed by atoms with E-state index in [2.05, 4.69) is 38.6 Å². The number of nitrogens with zero attached hydrogens (tertiary/aromatic N) is 4. The molecule has 0 saturated heterocycles. The summed E-state index contributed by atoms with van der Waals surface area (Å²) in [6, 6.07) is 19.9. The monoisotopic (exact) mass is 423 g/mol. The molecule has 0 radical (unpaired) electrons. The van der Waals surface area contributed by atoms with E-state index in [0.29, 0.717) is 12.6 Å². The first-order chi connectivity index (χ1) is 15.8. The molecule has 7 nitrogen and oxygen atoms in total. The van der Waals surface area contributed by atoms with E-state index in [0.717, 1.165) is 39.5 Å². The van der Waals surface area contributed by atoms with Crippen LogP contribution in [0.25, 0.3) is 5.70 Å². The fraction of sp³-hybridized carbons (Fsp3) is 0.160. The predicted octanol–water partition coefficient (Wildman–Crippen LogP) is 4.63. The Labute approximate surface area is 185 Å². The summed E-state index contributed by atoms with van der Waals surface area (Å²) in [7, 11) is 0. The average molecular weight is 423 g/mol. The molecule has 7 heteroatoms. The maximum atomic E-state index is 6.66. The second-order valence-corrected chi connectivity index (χ2v) is 7.64. The lowest BCUT2D eigenvalue weighted by Crippen LogP contribution is -2.32. The van der Waals surface area contributed by atoms with Gasteiger partial charge in [0.15, 0.2) is 6.10 Å². The summed E-state index contributed by atoms with van der Waals surface area (Å²) in [5.74, 6) is 2.31. The number of ether oxygens (including phenoxy) is 2. The van der Waals surface area contributed by atoms with Crippen LogP contribution in [-0.2, 0) is 0 Å². The van der Waals surface area contributed by atoms with Gasteiger partial charge in [0.2, 0.25) is 5.95 Å². The van der Waals surface area contributed by atoms with E-state index in [-0.39, 0.29) is 12.1 Å². The summed E-state index contributed by atoms with van der Waals surface area (Å²) in [5, 5.41) is 8.06. The van der Waals surface area contributed by atoms with Gasteiger partial charge in [0.05, 0.1) is 12.3 Å². The highest BCUT2D eigenvalue weighted by molar-refractivity contribution is 5.85. The minimum Gasteiger partial charge on any atom is -0.493 e. The lowest BCUT2D eigenvalue weighted by Gasteiger charge is -2.39. The molecule has 1 N–H and O–H groups in total. The van der Waals surface area contributed by atoms with Gasteiger partial charge in [0.25, 0.3) is 0 Å². The second kappa shape index (κ2) is 7.53. The number of nitrogens with one attached hydrogen (secondary N) is 1. The Hall–Kier alpha value is -4.13. The molecule has 0 aliphatic carbocycles. The van der Waals surface area contributed by atoms with Gasteiger partial charge in [-0.05, 0) is 36.8 Å². The number of rotatable bonds is 4. The van der Waals surface area contributed by atoms with Crippen LogP contribution in [0.15, 0.2) is 85.0 Å². The van der Waals surface area contributed by atoms with Crippen LogP contribution < -0.4 is 14.8 Å². The van der Waals surface area contributed by atoms with E-state index in [4.69, 9.17) is 9.47 Å². The molecule has 2 atom stereocenters. The first-order valence-corrected chi connectivity index (χ1v) is 10.6. The number of para-hydroxylation sites is 2. The van der Waals surface area contributed by atoms with Crippen LogP contribution >= 0.6 is 0 Å². The van der Waals surface area contributed by atoms with E-state index in [1.807, 2.05) is 60.3 Å². The van der Waals surface area contributed by atoms with Crippen molar-refractivity contribution in [2.24, 2.45) is 0 Å². The number of hydrogen-bond donors (Lipinski definition) is 1. The van der Waals surface area contributed by atoms with E-state index < -0.39 is 0 Å². The summed E-state index contributed by atoms with van der Waals surface area (Å²) >= 11 is 0. The molecule has 2 aromatic carbocycles. The minimum atomic E-state index is -0.377. The number of anilines is 1. The van der Waals surface area contributed by atoms with Gasteiger partial charge < -0.3 is 14.8 Å². The average Bonchev–Trinajstić information content (AvgIpc) is 3.32. The maximum absolute atomic E-state index is 6.66. The fourth-order valence-electron chi connectivity index (χ4n) is 4.52.